The summed E-state index contributed by atoms with van der Waals surface area (Å²) in [6, 6.07) is 5.67. The third-order valence-corrected chi connectivity index (χ3v) is 4.98. The first kappa shape index (κ1) is 18.3. The fraction of sp³-hybridized carbons (Fsp3) is 0.500. The van der Waals surface area contributed by atoms with E-state index in [0.29, 0.717) is 29.4 Å². The van der Waals surface area contributed by atoms with Crippen LogP contribution >= 0.6 is 0 Å². The Bertz CT molecular complexity index is 696. The summed E-state index contributed by atoms with van der Waals surface area (Å²) in [5.74, 6) is 1.78. The van der Waals surface area contributed by atoms with Crippen LogP contribution in [0.3, 0.4) is 0 Å². The smallest absolute Gasteiger partial charge is 0.255 e. The quantitative estimate of drug-likeness (QED) is 0.686. The molecule has 0 radical (unpaired) electrons. The van der Waals surface area contributed by atoms with Crippen molar-refractivity contribution in [2.45, 2.75) is 31.7 Å². The molecule has 26 heavy (non-hydrogen) atoms. The summed E-state index contributed by atoms with van der Waals surface area (Å²) in [4.78, 5) is 25.3. The van der Waals surface area contributed by atoms with E-state index in [-0.39, 0.29) is 12.5 Å². The van der Waals surface area contributed by atoms with Gasteiger partial charge in [0.2, 0.25) is 5.91 Å². The van der Waals surface area contributed by atoms with E-state index in [1.54, 1.807) is 24.3 Å². The largest absolute Gasteiger partial charge is 0.493 e. The lowest BCUT2D eigenvalue weighted by Gasteiger charge is -2.27. The number of primary amides is 1. The van der Waals surface area contributed by atoms with E-state index < -0.39 is 5.91 Å². The first-order valence-electron chi connectivity index (χ1n) is 9.03. The van der Waals surface area contributed by atoms with Gasteiger partial charge in [-0.25, -0.2) is 0 Å². The van der Waals surface area contributed by atoms with Crippen molar-refractivity contribution in [1.29, 1.82) is 0 Å². The van der Waals surface area contributed by atoms with Gasteiger partial charge < -0.3 is 20.1 Å². The molecule has 0 saturated heterocycles. The molecule has 6 nitrogen and oxygen atoms in total. The lowest BCUT2D eigenvalue weighted by atomic mass is 10.1. The molecule has 0 aliphatic heterocycles. The van der Waals surface area contributed by atoms with Gasteiger partial charge in [0.15, 0.2) is 18.1 Å². The predicted octanol–water partition coefficient (Wildman–Crippen LogP) is 2.22. The van der Waals surface area contributed by atoms with E-state index >= 15 is 0 Å². The van der Waals surface area contributed by atoms with Crippen LogP contribution < -0.4 is 15.2 Å². The molecule has 1 aromatic rings. The van der Waals surface area contributed by atoms with Gasteiger partial charge in [-0.3, -0.25) is 9.59 Å². The van der Waals surface area contributed by atoms with Gasteiger partial charge in [-0.05, 0) is 61.3 Å². The number of rotatable bonds is 9. The fourth-order valence-electron chi connectivity index (χ4n) is 3.38. The molecule has 3 rings (SSSR count). The molecule has 0 spiro atoms. The van der Waals surface area contributed by atoms with Crippen molar-refractivity contribution in [3.8, 4) is 11.5 Å². The van der Waals surface area contributed by atoms with Gasteiger partial charge in [-0.2, -0.15) is 0 Å². The summed E-state index contributed by atoms with van der Waals surface area (Å²) >= 11 is 0. The monoisotopic (exact) mass is 358 g/mol. The number of nitrogens with zero attached hydrogens (tertiary/aromatic N) is 1. The van der Waals surface area contributed by atoms with Gasteiger partial charge in [0.05, 0.1) is 7.11 Å². The molecule has 2 saturated carbocycles. The maximum absolute atomic E-state index is 12.6. The summed E-state index contributed by atoms with van der Waals surface area (Å²) < 4.78 is 10.6. The molecule has 0 bridgehead atoms. The fourth-order valence-corrected chi connectivity index (χ4v) is 3.38. The van der Waals surface area contributed by atoms with Crippen molar-refractivity contribution in [2.24, 2.45) is 17.6 Å². The number of hydrogen-bond donors (Lipinski definition) is 1. The molecular weight excluding hydrogens is 332 g/mol. The SMILES string of the molecule is COc1cc(/C=C/C(=O)N(C)C(C2CC2)C2CC2)ccc1OCC(N)=O. The minimum atomic E-state index is -0.550. The summed E-state index contributed by atoms with van der Waals surface area (Å²) in [7, 11) is 3.43. The highest BCUT2D eigenvalue weighted by atomic mass is 16.5. The zero-order chi connectivity index (χ0) is 18.7. The second-order valence-corrected chi connectivity index (χ2v) is 7.11. The lowest BCUT2D eigenvalue weighted by Crippen LogP contribution is -2.39. The highest BCUT2D eigenvalue weighted by Gasteiger charge is 2.44. The summed E-state index contributed by atoms with van der Waals surface area (Å²) in [6.45, 7) is -0.210. The van der Waals surface area contributed by atoms with Gasteiger partial charge in [0, 0.05) is 19.2 Å². The minimum Gasteiger partial charge on any atom is -0.493 e. The summed E-state index contributed by atoms with van der Waals surface area (Å²) in [5.41, 5.74) is 5.91. The van der Waals surface area contributed by atoms with Crippen LogP contribution in [0, 0.1) is 11.8 Å². The number of methoxy groups -OCH3 is 1. The molecule has 2 aliphatic rings. The number of nitrogens with two attached hydrogens (primary N) is 1. The molecule has 2 fully saturated rings. The molecule has 2 aliphatic carbocycles. The molecule has 0 aromatic heterocycles. The van der Waals surface area contributed by atoms with Crippen LogP contribution in [0.15, 0.2) is 24.3 Å². The number of hydrogen-bond acceptors (Lipinski definition) is 4. The normalized spacial score (nSPS) is 16.7. The van der Waals surface area contributed by atoms with Crippen LogP contribution in [0.25, 0.3) is 6.08 Å². The van der Waals surface area contributed by atoms with E-state index in [2.05, 4.69) is 0 Å². The van der Waals surface area contributed by atoms with E-state index in [1.807, 2.05) is 18.0 Å². The second-order valence-electron chi connectivity index (χ2n) is 7.11. The number of carbonyl (C=O) groups excluding carboxylic acids is 2. The van der Waals surface area contributed by atoms with Crippen LogP contribution in [-0.2, 0) is 9.59 Å². The van der Waals surface area contributed by atoms with Gasteiger partial charge in [0.1, 0.15) is 0 Å². The molecule has 0 unspecified atom stereocenters. The van der Waals surface area contributed by atoms with Crippen molar-refractivity contribution in [3.63, 3.8) is 0 Å². The topological polar surface area (TPSA) is 81.9 Å². The van der Waals surface area contributed by atoms with Crippen LogP contribution in [-0.4, -0.2) is 43.5 Å². The van der Waals surface area contributed by atoms with Gasteiger partial charge >= 0.3 is 0 Å². The first-order valence-corrected chi connectivity index (χ1v) is 9.03. The highest BCUT2D eigenvalue weighted by molar-refractivity contribution is 5.92. The molecular formula is C20H26N2O4. The summed E-state index contributed by atoms with van der Waals surface area (Å²) in [6.07, 6.45) is 8.35. The number of ether oxygens (including phenoxy) is 2. The average Bonchev–Trinajstić information content (AvgIpc) is 3.52. The number of amides is 2. The zero-order valence-electron chi connectivity index (χ0n) is 15.3. The van der Waals surface area contributed by atoms with Gasteiger partial charge in [-0.15, -0.1) is 0 Å². The van der Waals surface area contributed by atoms with Gasteiger partial charge in [-0.1, -0.05) is 6.07 Å². The Labute approximate surface area is 153 Å². The van der Waals surface area contributed by atoms with Crippen LogP contribution in [0.5, 0.6) is 11.5 Å². The number of carbonyl (C=O) groups is 2. The first-order chi connectivity index (χ1) is 12.5. The van der Waals surface area contributed by atoms with Crippen molar-refractivity contribution in [2.75, 3.05) is 20.8 Å². The molecule has 2 amide bonds. The van der Waals surface area contributed by atoms with Crippen molar-refractivity contribution in [3.05, 3.63) is 29.8 Å². The van der Waals surface area contributed by atoms with E-state index in [0.717, 1.165) is 5.56 Å². The Hall–Kier alpha value is -2.50. The standard InChI is InChI=1S/C20H26N2O4/c1-22(20(14-5-6-14)15-7-8-15)19(24)10-4-13-3-9-16(17(11-13)25-2)26-12-18(21)23/h3-4,9-11,14-15,20H,5-8,12H2,1-2H3,(H2,21,23)/b10-4+. The maximum atomic E-state index is 12.6. The average molecular weight is 358 g/mol. The Morgan fingerprint density at radius 1 is 1.23 bits per heavy atom. The predicted molar refractivity (Wildman–Crippen MR) is 98.7 cm³/mol. The van der Waals surface area contributed by atoms with Crippen molar-refractivity contribution < 1.29 is 19.1 Å². The van der Waals surface area contributed by atoms with Crippen LogP contribution in [0.4, 0.5) is 0 Å². The Morgan fingerprint density at radius 2 is 1.88 bits per heavy atom. The maximum Gasteiger partial charge on any atom is 0.255 e. The summed E-state index contributed by atoms with van der Waals surface area (Å²) in [5, 5.41) is 0. The molecule has 140 valence electrons. The third kappa shape index (κ3) is 4.56. The molecule has 0 heterocycles. The Kier molecular flexibility index (Phi) is 5.49. The van der Waals surface area contributed by atoms with E-state index in [4.69, 9.17) is 15.2 Å². The zero-order valence-corrected chi connectivity index (χ0v) is 15.3. The molecule has 1 aromatic carbocycles. The Morgan fingerprint density at radius 3 is 2.42 bits per heavy atom. The third-order valence-electron chi connectivity index (χ3n) is 4.98. The number of benzene rings is 1. The van der Waals surface area contributed by atoms with E-state index in [9.17, 15) is 9.59 Å². The minimum absolute atomic E-state index is 0.0295. The van der Waals surface area contributed by atoms with E-state index in [1.165, 1.54) is 32.8 Å². The van der Waals surface area contributed by atoms with Crippen LogP contribution in [0.1, 0.15) is 31.2 Å². The molecule has 6 heteroatoms. The van der Waals surface area contributed by atoms with Crippen molar-refractivity contribution >= 4 is 17.9 Å². The molecule has 2 N–H and O–H groups in total. The lowest BCUT2D eigenvalue weighted by molar-refractivity contribution is -0.127. The van der Waals surface area contributed by atoms with Crippen molar-refractivity contribution in [1.82, 2.24) is 4.90 Å². The Balaban J connectivity index is 1.65. The highest BCUT2D eigenvalue weighted by Crippen LogP contribution is 2.46. The van der Waals surface area contributed by atoms with Crippen LogP contribution in [0.2, 0.25) is 0 Å². The number of likely N-dealkylation sites (N-methyl/N-ethyl adjacent to an activating group) is 1. The second kappa shape index (κ2) is 7.81. The molecule has 0 atom stereocenters. The van der Waals surface area contributed by atoms with Gasteiger partial charge in [0.25, 0.3) is 5.91 Å².